The summed E-state index contributed by atoms with van der Waals surface area (Å²) in [6, 6.07) is 2.49. The van der Waals surface area contributed by atoms with Gasteiger partial charge in [0.05, 0.1) is 23.8 Å². The second kappa shape index (κ2) is 7.91. The maximum absolute atomic E-state index is 14.0. The largest absolute Gasteiger partial charge is 0.478 e. The van der Waals surface area contributed by atoms with Gasteiger partial charge in [0.1, 0.15) is 4.90 Å². The molecule has 3 rings (SSSR count). The predicted molar refractivity (Wildman–Crippen MR) is 94.2 cm³/mol. The van der Waals surface area contributed by atoms with Crippen molar-refractivity contribution in [3.63, 3.8) is 0 Å². The van der Waals surface area contributed by atoms with Crippen molar-refractivity contribution >= 4 is 38.5 Å². The number of nitrogens with zero attached hydrogens (tertiary/aromatic N) is 2. The second-order valence-corrected chi connectivity index (χ2v) is 7.47. The van der Waals surface area contributed by atoms with E-state index in [1.54, 1.807) is 0 Å². The number of methoxy groups -OCH3 is 1. The van der Waals surface area contributed by atoms with Crippen LogP contribution in [0.15, 0.2) is 29.4 Å². The van der Waals surface area contributed by atoms with Crippen LogP contribution in [0.25, 0.3) is 10.9 Å². The van der Waals surface area contributed by atoms with Gasteiger partial charge in [-0.15, -0.1) is 0 Å². The number of rotatable bonds is 7. The predicted octanol–water partition coefficient (Wildman–Crippen LogP) is 3.50. The molecule has 0 aliphatic rings. The summed E-state index contributed by atoms with van der Waals surface area (Å²) in [6.45, 7) is 0. The Morgan fingerprint density at radius 1 is 1.28 bits per heavy atom. The monoisotopic (exact) mass is 454 g/mol. The quantitative estimate of drug-likeness (QED) is 0.529. The fourth-order valence-electron chi connectivity index (χ4n) is 2.31. The molecule has 156 valence electrons. The molecule has 0 radical (unpaired) electrons. The number of fused-ring (bicyclic) bond motifs is 1. The third kappa shape index (κ3) is 4.15. The van der Waals surface area contributed by atoms with Crippen molar-refractivity contribution in [2.75, 3.05) is 11.8 Å². The van der Waals surface area contributed by atoms with Gasteiger partial charge in [-0.3, -0.25) is 0 Å². The Morgan fingerprint density at radius 2 is 2.00 bits per heavy atom. The average Bonchev–Trinajstić information content (AvgIpc) is 3.11. The summed E-state index contributed by atoms with van der Waals surface area (Å²) in [5.74, 6) is -2.40. The molecule has 1 aromatic carbocycles. The molecular weight excluding hydrogens is 444 g/mol. The number of aromatic nitrogens is 3. The lowest BCUT2D eigenvalue weighted by molar-refractivity contribution is -0.0681. The third-order valence-corrected chi connectivity index (χ3v) is 5.24. The third-order valence-electron chi connectivity index (χ3n) is 3.58. The number of H-pyrrole nitrogens is 1. The summed E-state index contributed by atoms with van der Waals surface area (Å²) in [4.78, 5) is 9.38. The van der Waals surface area contributed by atoms with Gasteiger partial charge in [-0.2, -0.15) is 9.37 Å². The highest BCUT2D eigenvalue weighted by molar-refractivity contribution is 7.93. The molecule has 2 aromatic heterocycles. The Bertz CT molecular complexity index is 1160. The molecule has 1 atom stereocenters. The van der Waals surface area contributed by atoms with Gasteiger partial charge in [0.25, 0.3) is 22.3 Å². The second-order valence-electron chi connectivity index (χ2n) is 5.41. The van der Waals surface area contributed by atoms with E-state index in [0.29, 0.717) is 0 Å². The molecule has 0 amide bonds. The van der Waals surface area contributed by atoms with Gasteiger partial charge in [-0.25, -0.2) is 31.3 Å². The maximum atomic E-state index is 14.0. The molecule has 14 heteroatoms. The van der Waals surface area contributed by atoms with Crippen LogP contribution in [0, 0.1) is 5.82 Å². The average molecular weight is 455 g/mol. The molecular formula is C15H11ClF4N4O4S. The molecule has 0 bridgehead atoms. The van der Waals surface area contributed by atoms with Crippen molar-refractivity contribution in [2.45, 2.75) is 17.7 Å². The minimum Gasteiger partial charge on any atom is -0.478 e. The number of hydrogen-bond acceptors (Lipinski definition) is 6. The van der Waals surface area contributed by atoms with E-state index in [9.17, 15) is 26.0 Å². The van der Waals surface area contributed by atoms with E-state index >= 15 is 0 Å². The van der Waals surface area contributed by atoms with Gasteiger partial charge >= 0.3 is 6.43 Å². The Hall–Kier alpha value is -2.80. The first-order valence-electron chi connectivity index (χ1n) is 7.62. The van der Waals surface area contributed by atoms with Crippen molar-refractivity contribution < 1.29 is 35.5 Å². The van der Waals surface area contributed by atoms with Gasteiger partial charge in [0, 0.05) is 11.6 Å². The number of alkyl halides is 3. The summed E-state index contributed by atoms with van der Waals surface area (Å²) >= 11 is 5.67. The number of ether oxygens (including phenoxy) is 2. The van der Waals surface area contributed by atoms with E-state index in [1.807, 2.05) is 4.72 Å². The molecule has 0 aliphatic heterocycles. The molecule has 0 aliphatic carbocycles. The Morgan fingerprint density at radius 3 is 2.66 bits per heavy atom. The summed E-state index contributed by atoms with van der Waals surface area (Å²) in [6.07, 6.45) is -4.58. The first-order chi connectivity index (χ1) is 13.6. The van der Waals surface area contributed by atoms with Gasteiger partial charge in [0.2, 0.25) is 11.7 Å². The van der Waals surface area contributed by atoms with Crippen LogP contribution in [0.4, 0.5) is 23.5 Å². The summed E-state index contributed by atoms with van der Waals surface area (Å²) in [5.41, 5.74) is -0.124. The lowest BCUT2D eigenvalue weighted by Gasteiger charge is -2.13. The van der Waals surface area contributed by atoms with Crippen molar-refractivity contribution in [2.24, 2.45) is 0 Å². The topological polar surface area (TPSA) is 106 Å². The lowest BCUT2D eigenvalue weighted by Crippen LogP contribution is -2.20. The van der Waals surface area contributed by atoms with Crippen LogP contribution in [-0.2, 0) is 10.0 Å². The van der Waals surface area contributed by atoms with Crippen molar-refractivity contribution in [1.82, 2.24) is 15.0 Å². The van der Waals surface area contributed by atoms with Crippen LogP contribution < -0.4 is 14.2 Å². The molecule has 29 heavy (non-hydrogen) atoms. The van der Waals surface area contributed by atoms with Crippen LogP contribution in [0.3, 0.4) is 0 Å². The Kier molecular flexibility index (Phi) is 5.71. The first-order valence-corrected chi connectivity index (χ1v) is 9.48. The van der Waals surface area contributed by atoms with E-state index in [-0.39, 0.29) is 20.8 Å². The zero-order valence-corrected chi connectivity index (χ0v) is 15.9. The van der Waals surface area contributed by atoms with Gasteiger partial charge in [-0.1, -0.05) is 11.6 Å². The zero-order chi connectivity index (χ0) is 21.3. The van der Waals surface area contributed by atoms with Gasteiger partial charge in [0.15, 0.2) is 5.82 Å². The number of anilines is 1. The molecule has 1 unspecified atom stereocenters. The van der Waals surface area contributed by atoms with Crippen LogP contribution in [0.5, 0.6) is 11.6 Å². The van der Waals surface area contributed by atoms with Crippen molar-refractivity contribution in [3.05, 3.63) is 35.4 Å². The maximum Gasteiger partial charge on any atom is 0.304 e. The van der Waals surface area contributed by atoms with Crippen molar-refractivity contribution in [3.8, 4) is 11.6 Å². The SMILES string of the molecule is COc1nc(NS(=O)(=O)c2c[nH]c3c(F)c(Cl)ccc23)ncc1OC(F)C(F)F. The minimum atomic E-state index is -4.31. The molecule has 0 saturated carbocycles. The standard InChI is InChI=1S/C15H11ClF4N4O4S/c1-27-14-8(28-13(20)12(18)19)4-22-15(23-14)24-29(25,26)9-5-21-11-6(9)2-3-7(16)10(11)17/h2-5,12-13,21H,1H3,(H,22,23,24). The Labute approximate surface area is 165 Å². The zero-order valence-electron chi connectivity index (χ0n) is 14.3. The fourth-order valence-corrected chi connectivity index (χ4v) is 3.59. The van der Waals surface area contributed by atoms with Gasteiger partial charge in [-0.05, 0) is 12.1 Å². The van der Waals surface area contributed by atoms with Crippen LogP contribution in [0.2, 0.25) is 5.02 Å². The normalized spacial score (nSPS) is 12.9. The van der Waals surface area contributed by atoms with E-state index in [1.165, 1.54) is 12.1 Å². The fraction of sp³-hybridized carbons (Fsp3) is 0.200. The molecule has 3 aromatic rings. The van der Waals surface area contributed by atoms with Crippen molar-refractivity contribution in [1.29, 1.82) is 0 Å². The molecule has 2 N–H and O–H groups in total. The highest BCUT2D eigenvalue weighted by atomic mass is 35.5. The van der Waals surface area contributed by atoms with Crippen LogP contribution in [0.1, 0.15) is 0 Å². The molecule has 0 saturated heterocycles. The highest BCUT2D eigenvalue weighted by Gasteiger charge is 2.25. The first kappa shape index (κ1) is 20.9. The molecule has 2 heterocycles. The number of halogens is 5. The number of benzene rings is 1. The molecule has 8 nitrogen and oxygen atoms in total. The number of hydrogen-bond donors (Lipinski definition) is 2. The Balaban J connectivity index is 1.92. The van der Waals surface area contributed by atoms with Crippen LogP contribution >= 0.6 is 11.6 Å². The van der Waals surface area contributed by atoms with E-state index in [0.717, 1.165) is 19.5 Å². The lowest BCUT2D eigenvalue weighted by atomic mass is 10.2. The summed E-state index contributed by atoms with van der Waals surface area (Å²) in [5, 5.41) is -0.182. The molecule has 0 spiro atoms. The smallest absolute Gasteiger partial charge is 0.304 e. The summed E-state index contributed by atoms with van der Waals surface area (Å²) in [7, 11) is -3.23. The van der Waals surface area contributed by atoms with Crippen LogP contribution in [-0.4, -0.2) is 43.3 Å². The molecule has 0 fully saturated rings. The number of nitrogens with one attached hydrogen (secondary N) is 2. The van der Waals surface area contributed by atoms with E-state index < -0.39 is 46.2 Å². The van der Waals surface area contributed by atoms with E-state index in [2.05, 4.69) is 19.7 Å². The summed E-state index contributed by atoms with van der Waals surface area (Å²) < 4.78 is 88.0. The van der Waals surface area contributed by atoms with Gasteiger partial charge < -0.3 is 14.5 Å². The number of aromatic amines is 1. The minimum absolute atomic E-state index is 0.0172. The number of sulfonamides is 1. The van der Waals surface area contributed by atoms with E-state index in [4.69, 9.17) is 16.3 Å². The highest BCUT2D eigenvalue weighted by Crippen LogP contribution is 2.31.